The van der Waals surface area contributed by atoms with E-state index in [1.807, 2.05) is 37.3 Å². The molecule has 1 heterocycles. The van der Waals surface area contributed by atoms with E-state index in [1.54, 1.807) is 17.0 Å². The van der Waals surface area contributed by atoms with Crippen LogP contribution >= 0.6 is 0 Å². The van der Waals surface area contributed by atoms with Gasteiger partial charge in [-0.1, -0.05) is 23.8 Å². The Morgan fingerprint density at radius 2 is 1.85 bits per heavy atom. The summed E-state index contributed by atoms with van der Waals surface area (Å²) in [5.74, 6) is -0.602. The van der Waals surface area contributed by atoms with Gasteiger partial charge in [-0.25, -0.2) is 4.79 Å². The molecule has 0 unspecified atom stereocenters. The summed E-state index contributed by atoms with van der Waals surface area (Å²) in [5.41, 5.74) is 4.10. The van der Waals surface area contributed by atoms with Crippen LogP contribution in [-0.2, 0) is 16.0 Å². The van der Waals surface area contributed by atoms with Crippen molar-refractivity contribution in [2.75, 3.05) is 30.4 Å². The van der Waals surface area contributed by atoms with Crippen LogP contribution in [0.1, 0.15) is 21.5 Å². The SMILES string of the molecule is COC(=O)CNC(=O)Nc1ccc2c(c1)N(C(=O)c1ccc(C)cc1)CC2. The number of carbonyl (C=O) groups is 3. The summed E-state index contributed by atoms with van der Waals surface area (Å²) in [4.78, 5) is 37.5. The summed E-state index contributed by atoms with van der Waals surface area (Å²) < 4.78 is 4.48. The van der Waals surface area contributed by atoms with E-state index in [1.165, 1.54) is 7.11 Å². The Morgan fingerprint density at radius 1 is 1.11 bits per heavy atom. The Hall–Kier alpha value is -3.35. The Balaban J connectivity index is 1.73. The Bertz CT molecular complexity index is 877. The summed E-state index contributed by atoms with van der Waals surface area (Å²) in [6.45, 7) is 2.36. The third-order valence-corrected chi connectivity index (χ3v) is 4.40. The Labute approximate surface area is 157 Å². The summed E-state index contributed by atoms with van der Waals surface area (Å²) in [7, 11) is 1.25. The quantitative estimate of drug-likeness (QED) is 0.813. The number of hydrogen-bond donors (Lipinski definition) is 2. The Kier molecular flexibility index (Phi) is 5.40. The number of urea groups is 1. The normalized spacial score (nSPS) is 12.3. The molecule has 2 N–H and O–H groups in total. The molecule has 140 valence electrons. The third-order valence-electron chi connectivity index (χ3n) is 4.40. The molecule has 1 aliphatic heterocycles. The van der Waals surface area contributed by atoms with Crippen molar-refractivity contribution in [1.82, 2.24) is 5.32 Å². The number of fused-ring (bicyclic) bond motifs is 1. The van der Waals surface area contributed by atoms with E-state index in [0.717, 1.165) is 23.2 Å². The lowest BCUT2D eigenvalue weighted by atomic mass is 10.1. The number of esters is 1. The molecule has 2 aromatic rings. The van der Waals surface area contributed by atoms with E-state index in [4.69, 9.17) is 0 Å². The van der Waals surface area contributed by atoms with E-state index < -0.39 is 12.0 Å². The minimum absolute atomic E-state index is 0.0685. The van der Waals surface area contributed by atoms with Crippen LogP contribution in [0.5, 0.6) is 0 Å². The second-order valence-corrected chi connectivity index (χ2v) is 6.30. The molecule has 27 heavy (non-hydrogen) atoms. The highest BCUT2D eigenvalue weighted by atomic mass is 16.5. The van der Waals surface area contributed by atoms with Crippen LogP contribution in [0, 0.1) is 6.92 Å². The second kappa shape index (κ2) is 7.90. The number of methoxy groups -OCH3 is 1. The zero-order valence-electron chi connectivity index (χ0n) is 15.2. The lowest BCUT2D eigenvalue weighted by Gasteiger charge is -2.18. The number of carbonyl (C=O) groups excluding carboxylic acids is 3. The van der Waals surface area contributed by atoms with Crippen molar-refractivity contribution in [3.63, 3.8) is 0 Å². The fourth-order valence-electron chi connectivity index (χ4n) is 2.92. The molecule has 7 heteroatoms. The maximum absolute atomic E-state index is 12.8. The van der Waals surface area contributed by atoms with Gasteiger partial charge < -0.3 is 20.3 Å². The van der Waals surface area contributed by atoms with E-state index in [9.17, 15) is 14.4 Å². The predicted molar refractivity (Wildman–Crippen MR) is 102 cm³/mol. The highest BCUT2D eigenvalue weighted by molar-refractivity contribution is 6.07. The first-order valence-corrected chi connectivity index (χ1v) is 8.61. The number of nitrogens with one attached hydrogen (secondary N) is 2. The van der Waals surface area contributed by atoms with Crippen molar-refractivity contribution in [2.45, 2.75) is 13.3 Å². The van der Waals surface area contributed by atoms with Crippen LogP contribution < -0.4 is 15.5 Å². The topological polar surface area (TPSA) is 87.7 Å². The first kappa shape index (κ1) is 18.4. The summed E-state index contributed by atoms with van der Waals surface area (Å²) >= 11 is 0. The summed E-state index contributed by atoms with van der Waals surface area (Å²) in [5, 5.41) is 5.07. The summed E-state index contributed by atoms with van der Waals surface area (Å²) in [6, 6.07) is 12.4. The standard InChI is InChI=1S/C20H21N3O4/c1-13-3-5-15(6-4-13)19(25)23-10-9-14-7-8-16(11-17(14)23)22-20(26)21-12-18(24)27-2/h3-8,11H,9-10,12H2,1-2H3,(H2,21,22,26). The molecule has 7 nitrogen and oxygen atoms in total. The Morgan fingerprint density at radius 3 is 2.56 bits per heavy atom. The van der Waals surface area contributed by atoms with Gasteiger partial charge in [0.05, 0.1) is 7.11 Å². The molecule has 2 aromatic carbocycles. The number of ether oxygens (including phenoxy) is 1. The number of anilines is 2. The van der Waals surface area contributed by atoms with Crippen molar-refractivity contribution in [3.05, 3.63) is 59.2 Å². The van der Waals surface area contributed by atoms with Crippen LogP contribution in [0.4, 0.5) is 16.2 Å². The maximum atomic E-state index is 12.8. The van der Waals surface area contributed by atoms with E-state index >= 15 is 0 Å². The van der Waals surface area contributed by atoms with Gasteiger partial charge in [-0.15, -0.1) is 0 Å². The molecule has 0 saturated carbocycles. The van der Waals surface area contributed by atoms with Crippen molar-refractivity contribution in [2.24, 2.45) is 0 Å². The van der Waals surface area contributed by atoms with Crippen LogP contribution in [0.15, 0.2) is 42.5 Å². The van der Waals surface area contributed by atoms with Gasteiger partial charge in [-0.05, 0) is 43.2 Å². The fourth-order valence-corrected chi connectivity index (χ4v) is 2.92. The first-order valence-electron chi connectivity index (χ1n) is 8.61. The fraction of sp³-hybridized carbons (Fsp3) is 0.250. The zero-order chi connectivity index (χ0) is 19.4. The molecule has 0 bridgehead atoms. The van der Waals surface area contributed by atoms with Gasteiger partial charge in [0.15, 0.2) is 0 Å². The molecule has 0 atom stereocenters. The minimum Gasteiger partial charge on any atom is -0.468 e. The van der Waals surface area contributed by atoms with E-state index in [0.29, 0.717) is 17.8 Å². The van der Waals surface area contributed by atoms with Gasteiger partial charge >= 0.3 is 12.0 Å². The highest BCUT2D eigenvalue weighted by Gasteiger charge is 2.26. The van der Waals surface area contributed by atoms with Gasteiger partial charge in [0, 0.05) is 23.5 Å². The third kappa shape index (κ3) is 4.25. The average molecular weight is 367 g/mol. The number of benzene rings is 2. The van der Waals surface area contributed by atoms with Gasteiger partial charge in [-0.3, -0.25) is 9.59 Å². The summed E-state index contributed by atoms with van der Waals surface area (Å²) in [6.07, 6.45) is 0.766. The molecule has 0 aromatic heterocycles. The molecule has 0 spiro atoms. The van der Waals surface area contributed by atoms with Gasteiger partial charge in [0.25, 0.3) is 5.91 Å². The first-order chi connectivity index (χ1) is 13.0. The molecular formula is C20H21N3O4. The molecule has 0 aliphatic carbocycles. The number of aryl methyl sites for hydroxylation is 1. The van der Waals surface area contributed by atoms with E-state index in [-0.39, 0.29) is 12.5 Å². The monoisotopic (exact) mass is 367 g/mol. The second-order valence-electron chi connectivity index (χ2n) is 6.30. The largest absolute Gasteiger partial charge is 0.468 e. The van der Waals surface area contributed by atoms with Crippen molar-refractivity contribution < 1.29 is 19.1 Å². The molecule has 0 saturated heterocycles. The van der Waals surface area contributed by atoms with Gasteiger partial charge in [-0.2, -0.15) is 0 Å². The van der Waals surface area contributed by atoms with Crippen molar-refractivity contribution >= 4 is 29.3 Å². The molecule has 3 amide bonds. The van der Waals surface area contributed by atoms with E-state index in [2.05, 4.69) is 15.4 Å². The van der Waals surface area contributed by atoms with Gasteiger partial charge in [0.2, 0.25) is 0 Å². The average Bonchev–Trinajstić information content (AvgIpc) is 3.09. The molecule has 0 fully saturated rings. The lowest BCUT2D eigenvalue weighted by molar-refractivity contribution is -0.139. The van der Waals surface area contributed by atoms with Crippen LogP contribution in [0.2, 0.25) is 0 Å². The minimum atomic E-state index is -0.533. The number of amides is 3. The van der Waals surface area contributed by atoms with Crippen LogP contribution in [0.3, 0.4) is 0 Å². The zero-order valence-corrected chi connectivity index (χ0v) is 15.2. The number of nitrogens with zero attached hydrogens (tertiary/aromatic N) is 1. The smallest absolute Gasteiger partial charge is 0.325 e. The lowest BCUT2D eigenvalue weighted by Crippen LogP contribution is -2.33. The predicted octanol–water partition coefficient (Wildman–Crippen LogP) is 2.49. The maximum Gasteiger partial charge on any atom is 0.325 e. The molecule has 3 rings (SSSR count). The van der Waals surface area contributed by atoms with Crippen molar-refractivity contribution in [1.29, 1.82) is 0 Å². The molecular weight excluding hydrogens is 346 g/mol. The number of rotatable bonds is 4. The van der Waals surface area contributed by atoms with Crippen LogP contribution in [0.25, 0.3) is 0 Å². The van der Waals surface area contributed by atoms with Gasteiger partial charge in [0.1, 0.15) is 6.54 Å². The number of hydrogen-bond acceptors (Lipinski definition) is 4. The van der Waals surface area contributed by atoms with Crippen molar-refractivity contribution in [3.8, 4) is 0 Å². The molecule has 1 aliphatic rings. The van der Waals surface area contributed by atoms with Crippen LogP contribution in [-0.4, -0.2) is 38.1 Å². The highest BCUT2D eigenvalue weighted by Crippen LogP contribution is 2.32. The molecule has 0 radical (unpaired) electrons.